The minimum absolute atomic E-state index is 0.0467. The van der Waals surface area contributed by atoms with E-state index in [0.717, 1.165) is 6.07 Å². The van der Waals surface area contributed by atoms with E-state index in [4.69, 9.17) is 5.11 Å². The number of nitrogens with one attached hydrogen (secondary N) is 1. The molecule has 0 saturated heterocycles. The first-order chi connectivity index (χ1) is 9.47. The van der Waals surface area contributed by atoms with Crippen LogP contribution in [0, 0.1) is 5.82 Å². The minimum Gasteiger partial charge on any atom is -0.478 e. The summed E-state index contributed by atoms with van der Waals surface area (Å²) in [4.78, 5) is 26.7. The van der Waals surface area contributed by atoms with Crippen LogP contribution in [0.25, 0.3) is 0 Å². The number of nitrogens with zero attached hydrogens (tertiary/aromatic N) is 1. The molecule has 102 valence electrons. The van der Waals surface area contributed by atoms with Gasteiger partial charge in [-0.15, -0.1) is 0 Å². The topological polar surface area (TPSA) is 79.3 Å². The summed E-state index contributed by atoms with van der Waals surface area (Å²) in [6, 6.07) is 4.95. The number of benzene rings is 1. The average Bonchev–Trinajstić information content (AvgIpc) is 2.37. The van der Waals surface area contributed by atoms with Crippen LogP contribution in [0.15, 0.2) is 41.1 Å². The molecular formula is C13H8BrFN2O3. The predicted molar refractivity (Wildman–Crippen MR) is 73.2 cm³/mol. The molecule has 0 saturated carbocycles. The van der Waals surface area contributed by atoms with Crippen molar-refractivity contribution in [2.45, 2.75) is 0 Å². The summed E-state index contributed by atoms with van der Waals surface area (Å²) in [6.45, 7) is 0. The van der Waals surface area contributed by atoms with Gasteiger partial charge in [-0.2, -0.15) is 0 Å². The molecule has 1 amide bonds. The van der Waals surface area contributed by atoms with Gasteiger partial charge in [0, 0.05) is 16.2 Å². The number of pyridine rings is 1. The van der Waals surface area contributed by atoms with E-state index in [9.17, 15) is 14.0 Å². The Morgan fingerprint density at radius 3 is 2.70 bits per heavy atom. The van der Waals surface area contributed by atoms with E-state index in [0.29, 0.717) is 4.47 Å². The molecule has 7 heteroatoms. The van der Waals surface area contributed by atoms with Crippen molar-refractivity contribution in [2.24, 2.45) is 0 Å². The number of amides is 1. The number of aromatic nitrogens is 1. The van der Waals surface area contributed by atoms with Crippen LogP contribution in [0.5, 0.6) is 0 Å². The van der Waals surface area contributed by atoms with Crippen LogP contribution in [0.1, 0.15) is 20.7 Å². The minimum atomic E-state index is -1.19. The van der Waals surface area contributed by atoms with Gasteiger partial charge in [-0.1, -0.05) is 15.9 Å². The highest BCUT2D eigenvalue weighted by Gasteiger charge is 2.14. The molecule has 0 atom stereocenters. The number of carboxylic acid groups (broad SMARTS) is 1. The third kappa shape index (κ3) is 3.18. The molecule has 20 heavy (non-hydrogen) atoms. The quantitative estimate of drug-likeness (QED) is 0.901. The van der Waals surface area contributed by atoms with Crippen LogP contribution < -0.4 is 5.32 Å². The van der Waals surface area contributed by atoms with E-state index >= 15 is 0 Å². The lowest BCUT2D eigenvalue weighted by atomic mass is 10.2. The SMILES string of the molecule is O=C(Nc1cnccc1C(=O)O)c1cc(F)cc(Br)c1. The van der Waals surface area contributed by atoms with E-state index in [1.54, 1.807) is 0 Å². The predicted octanol–water partition coefficient (Wildman–Crippen LogP) is 2.93. The second-order valence-corrected chi connectivity index (χ2v) is 4.75. The van der Waals surface area contributed by atoms with Crippen molar-refractivity contribution in [3.63, 3.8) is 0 Å². The Bertz CT molecular complexity index is 671. The van der Waals surface area contributed by atoms with Gasteiger partial charge in [0.25, 0.3) is 5.91 Å². The fourth-order valence-corrected chi connectivity index (χ4v) is 2.03. The van der Waals surface area contributed by atoms with Crippen molar-refractivity contribution in [3.05, 3.63) is 58.1 Å². The molecule has 0 aliphatic heterocycles. The Balaban J connectivity index is 2.30. The number of rotatable bonds is 3. The van der Waals surface area contributed by atoms with Crippen molar-refractivity contribution >= 4 is 33.5 Å². The van der Waals surface area contributed by atoms with Gasteiger partial charge < -0.3 is 10.4 Å². The molecule has 1 heterocycles. The van der Waals surface area contributed by atoms with Crippen LogP contribution in [-0.2, 0) is 0 Å². The van der Waals surface area contributed by atoms with E-state index in [2.05, 4.69) is 26.2 Å². The molecule has 0 bridgehead atoms. The van der Waals surface area contributed by atoms with Crippen molar-refractivity contribution < 1.29 is 19.1 Å². The molecule has 5 nitrogen and oxygen atoms in total. The fourth-order valence-electron chi connectivity index (χ4n) is 1.56. The van der Waals surface area contributed by atoms with Gasteiger partial charge in [-0.25, -0.2) is 9.18 Å². The second-order valence-electron chi connectivity index (χ2n) is 3.84. The van der Waals surface area contributed by atoms with Crippen LogP contribution in [0.3, 0.4) is 0 Å². The van der Waals surface area contributed by atoms with E-state index in [1.165, 1.54) is 30.6 Å². The Hall–Kier alpha value is -2.28. The van der Waals surface area contributed by atoms with Gasteiger partial charge in [0.1, 0.15) is 5.82 Å². The van der Waals surface area contributed by atoms with Gasteiger partial charge in [-0.05, 0) is 24.3 Å². The molecule has 2 aromatic rings. The summed E-state index contributed by atoms with van der Waals surface area (Å²) in [5.74, 6) is -2.39. The maximum atomic E-state index is 13.2. The summed E-state index contributed by atoms with van der Waals surface area (Å²) in [7, 11) is 0. The van der Waals surface area contributed by atoms with Crippen LogP contribution in [-0.4, -0.2) is 22.0 Å². The van der Waals surface area contributed by atoms with Crippen molar-refractivity contribution in [1.29, 1.82) is 0 Å². The smallest absolute Gasteiger partial charge is 0.337 e. The highest BCUT2D eigenvalue weighted by Crippen LogP contribution is 2.18. The Labute approximate surface area is 121 Å². The molecule has 1 aromatic carbocycles. The van der Waals surface area contributed by atoms with E-state index < -0.39 is 17.7 Å². The number of anilines is 1. The Morgan fingerprint density at radius 2 is 2.05 bits per heavy atom. The van der Waals surface area contributed by atoms with Gasteiger partial charge in [-0.3, -0.25) is 9.78 Å². The number of carbonyl (C=O) groups excluding carboxylic acids is 1. The standard InChI is InChI=1S/C13H8BrFN2O3/c14-8-3-7(4-9(15)5-8)12(18)17-11-6-16-2-1-10(11)13(19)20/h1-6H,(H,17,18)(H,19,20). The zero-order valence-corrected chi connectivity index (χ0v) is 11.5. The van der Waals surface area contributed by atoms with Crippen LogP contribution in [0.2, 0.25) is 0 Å². The number of hydrogen-bond acceptors (Lipinski definition) is 3. The number of carboxylic acids is 1. The normalized spacial score (nSPS) is 10.1. The molecular weight excluding hydrogens is 331 g/mol. The molecule has 1 aromatic heterocycles. The second kappa shape index (κ2) is 5.79. The number of halogens is 2. The van der Waals surface area contributed by atoms with Gasteiger partial charge in [0.05, 0.1) is 17.4 Å². The van der Waals surface area contributed by atoms with Crippen molar-refractivity contribution in [1.82, 2.24) is 4.98 Å². The third-order valence-electron chi connectivity index (χ3n) is 2.42. The van der Waals surface area contributed by atoms with Gasteiger partial charge in [0.2, 0.25) is 0 Å². The summed E-state index contributed by atoms with van der Waals surface area (Å²) < 4.78 is 13.6. The Kier molecular flexibility index (Phi) is 4.09. The lowest BCUT2D eigenvalue weighted by Crippen LogP contribution is -2.15. The van der Waals surface area contributed by atoms with Crippen molar-refractivity contribution in [2.75, 3.05) is 5.32 Å². The van der Waals surface area contributed by atoms with E-state index in [-0.39, 0.29) is 16.8 Å². The van der Waals surface area contributed by atoms with Crippen LogP contribution in [0.4, 0.5) is 10.1 Å². The Morgan fingerprint density at radius 1 is 1.30 bits per heavy atom. The third-order valence-corrected chi connectivity index (χ3v) is 2.88. The molecule has 0 fully saturated rings. The monoisotopic (exact) mass is 338 g/mol. The number of hydrogen-bond donors (Lipinski definition) is 2. The molecule has 2 N–H and O–H groups in total. The number of aromatic carboxylic acids is 1. The zero-order valence-electron chi connectivity index (χ0n) is 9.93. The molecule has 0 spiro atoms. The molecule has 0 aliphatic rings. The van der Waals surface area contributed by atoms with Gasteiger partial charge in [0.15, 0.2) is 0 Å². The molecule has 0 radical (unpaired) electrons. The first-order valence-electron chi connectivity index (χ1n) is 5.42. The lowest BCUT2D eigenvalue weighted by Gasteiger charge is -2.08. The first-order valence-corrected chi connectivity index (χ1v) is 6.21. The fraction of sp³-hybridized carbons (Fsp3) is 0. The molecule has 2 rings (SSSR count). The maximum Gasteiger partial charge on any atom is 0.337 e. The summed E-state index contributed by atoms with van der Waals surface area (Å²) in [5, 5.41) is 11.4. The largest absolute Gasteiger partial charge is 0.478 e. The van der Waals surface area contributed by atoms with Crippen molar-refractivity contribution in [3.8, 4) is 0 Å². The first kappa shape index (κ1) is 14.1. The molecule has 0 unspecified atom stereocenters. The summed E-state index contributed by atoms with van der Waals surface area (Å²) in [6.07, 6.45) is 2.52. The highest BCUT2D eigenvalue weighted by molar-refractivity contribution is 9.10. The number of carbonyl (C=O) groups is 2. The van der Waals surface area contributed by atoms with Gasteiger partial charge >= 0.3 is 5.97 Å². The average molecular weight is 339 g/mol. The summed E-state index contributed by atoms with van der Waals surface area (Å²) in [5.41, 5.74) is 0.0197. The maximum absolute atomic E-state index is 13.2. The van der Waals surface area contributed by atoms with E-state index in [1.807, 2.05) is 0 Å². The van der Waals surface area contributed by atoms with Crippen LogP contribution >= 0.6 is 15.9 Å². The lowest BCUT2D eigenvalue weighted by molar-refractivity contribution is 0.0698. The zero-order chi connectivity index (χ0) is 14.7. The highest BCUT2D eigenvalue weighted by atomic mass is 79.9. The summed E-state index contributed by atoms with van der Waals surface area (Å²) >= 11 is 3.08. The molecule has 0 aliphatic carbocycles.